The molecule has 8 nitrogen and oxygen atoms in total. The van der Waals surface area contributed by atoms with Gasteiger partial charge >= 0.3 is 6.03 Å². The van der Waals surface area contributed by atoms with Crippen molar-refractivity contribution in [2.75, 3.05) is 20.8 Å². The first-order valence-electron chi connectivity index (χ1n) is 8.67. The Balaban J connectivity index is 1.52. The molecular weight excluding hydrogens is 346 g/mol. The number of rotatable bonds is 7. The van der Waals surface area contributed by atoms with Crippen molar-refractivity contribution in [2.45, 2.75) is 19.4 Å². The maximum Gasteiger partial charge on any atom is 0.315 e. The van der Waals surface area contributed by atoms with Crippen LogP contribution in [0.4, 0.5) is 4.79 Å². The molecule has 0 saturated carbocycles. The summed E-state index contributed by atoms with van der Waals surface area (Å²) < 4.78 is 12.4. The highest BCUT2D eigenvalue weighted by molar-refractivity contribution is 5.74. The third kappa shape index (κ3) is 4.28. The lowest BCUT2D eigenvalue weighted by molar-refractivity contribution is 0.237. The van der Waals surface area contributed by atoms with E-state index in [9.17, 15) is 4.79 Å². The number of hydrogen-bond acceptors (Lipinski definition) is 5. The van der Waals surface area contributed by atoms with E-state index in [1.54, 1.807) is 14.2 Å². The third-order valence-electron chi connectivity index (χ3n) is 4.22. The first-order valence-corrected chi connectivity index (χ1v) is 8.67. The lowest BCUT2D eigenvalue weighted by Gasteiger charge is -2.14. The van der Waals surface area contributed by atoms with Crippen molar-refractivity contribution in [3.8, 4) is 11.5 Å². The summed E-state index contributed by atoms with van der Waals surface area (Å²) in [6, 6.07) is 10.8. The maximum absolute atomic E-state index is 12.2. The predicted molar refractivity (Wildman–Crippen MR) is 101 cm³/mol. The fourth-order valence-corrected chi connectivity index (χ4v) is 2.82. The Morgan fingerprint density at radius 1 is 1.15 bits per heavy atom. The molecule has 2 heterocycles. The minimum absolute atomic E-state index is 0.254. The number of nitrogens with one attached hydrogen (secondary N) is 2. The van der Waals surface area contributed by atoms with Crippen LogP contribution in [0, 0.1) is 0 Å². The van der Waals surface area contributed by atoms with Crippen LogP contribution >= 0.6 is 0 Å². The Bertz CT molecular complexity index is 925. The first kappa shape index (κ1) is 18.5. The molecule has 0 spiro atoms. The second-order valence-corrected chi connectivity index (χ2v) is 6.05. The quantitative estimate of drug-likeness (QED) is 0.667. The van der Waals surface area contributed by atoms with Gasteiger partial charge in [-0.15, -0.1) is 10.2 Å². The molecule has 2 aromatic heterocycles. The summed E-state index contributed by atoms with van der Waals surface area (Å²) in [5.74, 6) is 2.04. The van der Waals surface area contributed by atoms with Crippen LogP contribution in [0.5, 0.6) is 11.5 Å². The zero-order valence-corrected chi connectivity index (χ0v) is 15.6. The van der Waals surface area contributed by atoms with E-state index in [0.717, 1.165) is 11.2 Å². The summed E-state index contributed by atoms with van der Waals surface area (Å²) in [6.07, 6.45) is 2.55. The molecule has 1 unspecified atom stereocenters. The van der Waals surface area contributed by atoms with Crippen LogP contribution in [0.2, 0.25) is 0 Å². The second-order valence-electron chi connectivity index (χ2n) is 6.05. The highest BCUT2D eigenvalue weighted by atomic mass is 16.5. The Kier molecular flexibility index (Phi) is 5.75. The van der Waals surface area contributed by atoms with Crippen LogP contribution in [-0.4, -0.2) is 41.4 Å². The summed E-state index contributed by atoms with van der Waals surface area (Å²) >= 11 is 0. The summed E-state index contributed by atoms with van der Waals surface area (Å²) in [4.78, 5) is 12.2. The lowest BCUT2D eigenvalue weighted by Crippen LogP contribution is -2.38. The standard InChI is InChI=1S/C19H23N5O3/c1-13(18-23-22-17-6-4-5-11-24(17)18)21-19(25)20-10-9-14-7-8-15(26-2)16(12-14)27-3/h4-8,11-13H,9-10H2,1-3H3,(H2,20,21,25). The smallest absolute Gasteiger partial charge is 0.315 e. The Labute approximate surface area is 157 Å². The van der Waals surface area contributed by atoms with Crippen LogP contribution in [0.25, 0.3) is 5.65 Å². The fraction of sp³-hybridized carbons (Fsp3) is 0.316. The highest BCUT2D eigenvalue weighted by Gasteiger charge is 2.15. The third-order valence-corrected chi connectivity index (χ3v) is 4.22. The van der Waals surface area contributed by atoms with E-state index < -0.39 is 0 Å². The van der Waals surface area contributed by atoms with Gasteiger partial charge in [0.1, 0.15) is 0 Å². The number of hydrogen-bond donors (Lipinski definition) is 2. The molecule has 27 heavy (non-hydrogen) atoms. The fourth-order valence-electron chi connectivity index (χ4n) is 2.82. The molecule has 142 valence electrons. The van der Waals surface area contributed by atoms with E-state index in [2.05, 4.69) is 20.8 Å². The number of aromatic nitrogens is 3. The summed E-state index contributed by atoms with van der Waals surface area (Å²) in [5, 5.41) is 14.0. The number of amides is 2. The number of pyridine rings is 1. The van der Waals surface area contributed by atoms with Crippen LogP contribution in [0.15, 0.2) is 42.6 Å². The average molecular weight is 369 g/mol. The minimum Gasteiger partial charge on any atom is -0.493 e. The Hall–Kier alpha value is -3.29. The average Bonchev–Trinajstić information content (AvgIpc) is 3.12. The SMILES string of the molecule is COc1ccc(CCNC(=O)NC(C)c2nnc3ccccn23)cc1OC. The second kappa shape index (κ2) is 8.39. The number of benzene rings is 1. The molecule has 3 rings (SSSR count). The van der Waals surface area contributed by atoms with Gasteiger partial charge in [0.15, 0.2) is 23.0 Å². The van der Waals surface area contributed by atoms with Gasteiger partial charge in [0.2, 0.25) is 0 Å². The van der Waals surface area contributed by atoms with Gasteiger partial charge in [0, 0.05) is 12.7 Å². The van der Waals surface area contributed by atoms with Crippen molar-refractivity contribution in [3.63, 3.8) is 0 Å². The Morgan fingerprint density at radius 3 is 2.74 bits per heavy atom. The molecule has 0 aliphatic heterocycles. The van der Waals surface area contributed by atoms with Gasteiger partial charge in [-0.1, -0.05) is 12.1 Å². The normalized spacial score (nSPS) is 11.8. The summed E-state index contributed by atoms with van der Waals surface area (Å²) in [6.45, 7) is 2.37. The van der Waals surface area contributed by atoms with Crippen molar-refractivity contribution in [3.05, 3.63) is 54.0 Å². The number of carbonyl (C=O) groups is 1. The molecule has 0 radical (unpaired) electrons. The lowest BCUT2D eigenvalue weighted by atomic mass is 10.1. The molecule has 2 N–H and O–H groups in total. The zero-order chi connectivity index (χ0) is 19.2. The molecular formula is C19H23N5O3. The van der Waals surface area contributed by atoms with Gasteiger partial charge in [-0.2, -0.15) is 0 Å². The molecule has 0 bridgehead atoms. The molecule has 0 fully saturated rings. The molecule has 1 atom stereocenters. The van der Waals surface area contributed by atoms with E-state index in [4.69, 9.17) is 9.47 Å². The van der Waals surface area contributed by atoms with Crippen molar-refractivity contribution in [2.24, 2.45) is 0 Å². The number of nitrogens with zero attached hydrogens (tertiary/aromatic N) is 3. The number of carbonyl (C=O) groups excluding carboxylic acids is 1. The zero-order valence-electron chi connectivity index (χ0n) is 15.6. The van der Waals surface area contributed by atoms with Gasteiger partial charge < -0.3 is 20.1 Å². The van der Waals surface area contributed by atoms with Gasteiger partial charge in [-0.05, 0) is 43.2 Å². The number of methoxy groups -OCH3 is 2. The van der Waals surface area contributed by atoms with E-state index in [0.29, 0.717) is 30.3 Å². The molecule has 0 aliphatic carbocycles. The van der Waals surface area contributed by atoms with E-state index in [1.165, 1.54) is 0 Å². The molecule has 0 saturated heterocycles. The number of ether oxygens (including phenoxy) is 2. The highest BCUT2D eigenvalue weighted by Crippen LogP contribution is 2.27. The summed E-state index contributed by atoms with van der Waals surface area (Å²) in [7, 11) is 3.20. The van der Waals surface area contributed by atoms with Gasteiger partial charge in [-0.3, -0.25) is 4.40 Å². The van der Waals surface area contributed by atoms with E-state index in [-0.39, 0.29) is 12.1 Å². The van der Waals surface area contributed by atoms with Gasteiger partial charge in [-0.25, -0.2) is 4.79 Å². The molecule has 2 amide bonds. The van der Waals surface area contributed by atoms with E-state index >= 15 is 0 Å². The van der Waals surface area contributed by atoms with Crippen LogP contribution in [0.3, 0.4) is 0 Å². The predicted octanol–water partition coefficient (Wildman–Crippen LogP) is 2.35. The number of urea groups is 1. The van der Waals surface area contributed by atoms with Crippen LogP contribution in [0.1, 0.15) is 24.4 Å². The largest absolute Gasteiger partial charge is 0.493 e. The first-order chi connectivity index (χ1) is 13.1. The number of fused-ring (bicyclic) bond motifs is 1. The van der Waals surface area contributed by atoms with Crippen LogP contribution < -0.4 is 20.1 Å². The maximum atomic E-state index is 12.2. The molecule has 0 aliphatic rings. The van der Waals surface area contributed by atoms with Crippen molar-refractivity contribution < 1.29 is 14.3 Å². The van der Waals surface area contributed by atoms with Gasteiger partial charge in [0.05, 0.1) is 20.3 Å². The summed E-state index contributed by atoms with van der Waals surface area (Å²) in [5.41, 5.74) is 1.79. The van der Waals surface area contributed by atoms with Crippen molar-refractivity contribution >= 4 is 11.7 Å². The minimum atomic E-state index is -0.275. The Morgan fingerprint density at radius 2 is 1.96 bits per heavy atom. The molecule has 1 aromatic carbocycles. The topological polar surface area (TPSA) is 89.8 Å². The van der Waals surface area contributed by atoms with Crippen molar-refractivity contribution in [1.82, 2.24) is 25.2 Å². The van der Waals surface area contributed by atoms with E-state index in [1.807, 2.05) is 53.9 Å². The van der Waals surface area contributed by atoms with Crippen LogP contribution in [-0.2, 0) is 6.42 Å². The molecule has 8 heteroatoms. The molecule has 3 aromatic rings. The van der Waals surface area contributed by atoms with Crippen molar-refractivity contribution in [1.29, 1.82) is 0 Å². The van der Waals surface area contributed by atoms with Gasteiger partial charge in [0.25, 0.3) is 0 Å². The monoisotopic (exact) mass is 369 g/mol.